The number of hydrogen-bond acceptors (Lipinski definition) is 6. The number of fused-ring (bicyclic) bond motifs is 1. The minimum atomic E-state index is 0.0677. The molecule has 0 unspecified atom stereocenters. The molecule has 8 heteroatoms. The molecular formula is C18H22N6OS. The first-order chi connectivity index (χ1) is 12.8. The van der Waals surface area contributed by atoms with Gasteiger partial charge in [0, 0.05) is 12.6 Å². The van der Waals surface area contributed by atoms with E-state index in [1.54, 1.807) is 11.8 Å². The molecule has 2 aromatic heterocycles. The Kier molecular flexibility index (Phi) is 5.01. The van der Waals surface area contributed by atoms with E-state index in [4.69, 9.17) is 4.98 Å². The summed E-state index contributed by atoms with van der Waals surface area (Å²) in [6.45, 7) is 2.89. The molecular weight excluding hydrogens is 348 g/mol. The van der Waals surface area contributed by atoms with E-state index in [1.165, 1.54) is 12.8 Å². The number of benzene rings is 1. The van der Waals surface area contributed by atoms with Crippen LogP contribution in [0.1, 0.15) is 50.9 Å². The van der Waals surface area contributed by atoms with Crippen molar-refractivity contribution >= 4 is 22.7 Å². The molecule has 4 rings (SSSR count). The maximum atomic E-state index is 13.1. The molecule has 1 saturated carbocycles. The lowest BCUT2D eigenvalue weighted by molar-refractivity contribution is 0.457. The zero-order chi connectivity index (χ0) is 17.9. The van der Waals surface area contributed by atoms with E-state index in [0.29, 0.717) is 11.1 Å². The van der Waals surface area contributed by atoms with Gasteiger partial charge in [-0.3, -0.25) is 9.36 Å². The van der Waals surface area contributed by atoms with Crippen LogP contribution in [0, 0.1) is 0 Å². The molecule has 0 aliphatic heterocycles. The average molecular weight is 370 g/mol. The number of nitrogens with zero attached hydrogens (tertiary/aromatic N) is 6. The van der Waals surface area contributed by atoms with E-state index in [2.05, 4.69) is 22.4 Å². The fourth-order valence-corrected chi connectivity index (χ4v) is 4.55. The molecule has 1 aliphatic carbocycles. The highest BCUT2D eigenvalue weighted by Crippen LogP contribution is 2.32. The summed E-state index contributed by atoms with van der Waals surface area (Å²) in [5.74, 6) is 1.42. The van der Waals surface area contributed by atoms with Crippen LogP contribution in [0.15, 0.2) is 34.2 Å². The van der Waals surface area contributed by atoms with Gasteiger partial charge >= 0.3 is 0 Å². The van der Waals surface area contributed by atoms with Gasteiger partial charge in [0.1, 0.15) is 0 Å². The number of para-hydroxylation sites is 1. The lowest BCUT2D eigenvalue weighted by atomic mass is 10.2. The summed E-state index contributed by atoms with van der Waals surface area (Å²) >= 11 is 1.55. The van der Waals surface area contributed by atoms with E-state index in [9.17, 15) is 4.79 Å². The SMILES string of the molecule is CCCn1nnnc1CSc1nc2ccccc2c(=O)n1C1CCCC1. The second-order valence-corrected chi connectivity index (χ2v) is 7.57. The van der Waals surface area contributed by atoms with Crippen LogP contribution >= 0.6 is 11.8 Å². The Bertz CT molecular complexity index is 960. The Labute approximate surface area is 155 Å². The summed E-state index contributed by atoms with van der Waals surface area (Å²) in [4.78, 5) is 17.9. The summed E-state index contributed by atoms with van der Waals surface area (Å²) in [5.41, 5.74) is 0.820. The van der Waals surface area contributed by atoms with Crippen LogP contribution in [0.2, 0.25) is 0 Å². The molecule has 0 spiro atoms. The third kappa shape index (κ3) is 3.25. The number of hydrogen-bond donors (Lipinski definition) is 0. The summed E-state index contributed by atoms with van der Waals surface area (Å²) in [6, 6.07) is 7.84. The first-order valence-corrected chi connectivity index (χ1v) is 10.2. The van der Waals surface area contributed by atoms with Crippen LogP contribution < -0.4 is 5.56 Å². The molecule has 0 bridgehead atoms. The second-order valence-electron chi connectivity index (χ2n) is 6.63. The molecule has 0 amide bonds. The van der Waals surface area contributed by atoms with Gasteiger partial charge in [0.2, 0.25) is 0 Å². The average Bonchev–Trinajstić information content (AvgIpc) is 3.32. The van der Waals surface area contributed by atoms with Crippen molar-refractivity contribution in [2.24, 2.45) is 0 Å². The van der Waals surface area contributed by atoms with Gasteiger partial charge in [-0.05, 0) is 41.8 Å². The fraction of sp³-hybridized carbons (Fsp3) is 0.500. The monoisotopic (exact) mass is 370 g/mol. The fourth-order valence-electron chi connectivity index (χ4n) is 3.55. The molecule has 0 atom stereocenters. The Morgan fingerprint density at radius 1 is 1.23 bits per heavy atom. The van der Waals surface area contributed by atoms with Crippen LogP contribution in [-0.2, 0) is 12.3 Å². The number of tetrazole rings is 1. The third-order valence-corrected chi connectivity index (χ3v) is 5.79. The van der Waals surface area contributed by atoms with Gasteiger partial charge in [-0.1, -0.05) is 43.7 Å². The number of aromatic nitrogens is 6. The standard InChI is InChI=1S/C18H22N6OS/c1-2-11-23-16(20-21-22-23)12-26-18-19-15-10-6-5-9-14(15)17(25)24(18)13-7-3-4-8-13/h5-6,9-10,13H,2-4,7-8,11-12H2,1H3. The summed E-state index contributed by atoms with van der Waals surface area (Å²) in [5, 5.41) is 13.4. The lowest BCUT2D eigenvalue weighted by Crippen LogP contribution is -2.26. The van der Waals surface area contributed by atoms with E-state index in [0.717, 1.165) is 42.3 Å². The minimum absolute atomic E-state index is 0.0677. The zero-order valence-corrected chi connectivity index (χ0v) is 15.7. The Morgan fingerprint density at radius 3 is 2.85 bits per heavy atom. The summed E-state index contributed by atoms with van der Waals surface area (Å²) in [6.07, 6.45) is 5.40. The van der Waals surface area contributed by atoms with Crippen LogP contribution in [0.4, 0.5) is 0 Å². The van der Waals surface area contributed by atoms with Crippen LogP contribution in [0.5, 0.6) is 0 Å². The summed E-state index contributed by atoms with van der Waals surface area (Å²) in [7, 11) is 0. The van der Waals surface area contributed by atoms with Crippen molar-refractivity contribution in [2.75, 3.05) is 0 Å². The third-order valence-electron chi connectivity index (χ3n) is 4.84. The van der Waals surface area contributed by atoms with Gasteiger partial charge < -0.3 is 0 Å². The van der Waals surface area contributed by atoms with Crippen LogP contribution in [-0.4, -0.2) is 29.8 Å². The van der Waals surface area contributed by atoms with E-state index in [1.807, 2.05) is 33.5 Å². The van der Waals surface area contributed by atoms with Crippen LogP contribution in [0.3, 0.4) is 0 Å². The highest BCUT2D eigenvalue weighted by molar-refractivity contribution is 7.98. The molecule has 1 aliphatic rings. The van der Waals surface area contributed by atoms with Crippen molar-refractivity contribution in [3.05, 3.63) is 40.4 Å². The molecule has 26 heavy (non-hydrogen) atoms. The van der Waals surface area contributed by atoms with Gasteiger partial charge in [-0.25, -0.2) is 9.67 Å². The smallest absolute Gasteiger partial charge is 0.262 e. The molecule has 7 nitrogen and oxygen atoms in total. The van der Waals surface area contributed by atoms with Crippen molar-refractivity contribution in [1.82, 2.24) is 29.8 Å². The van der Waals surface area contributed by atoms with Crippen molar-refractivity contribution in [3.8, 4) is 0 Å². The topological polar surface area (TPSA) is 78.5 Å². The Balaban J connectivity index is 1.71. The van der Waals surface area contributed by atoms with Gasteiger partial charge in [-0.2, -0.15) is 0 Å². The zero-order valence-electron chi connectivity index (χ0n) is 14.8. The molecule has 0 N–H and O–H groups in total. The molecule has 1 fully saturated rings. The van der Waals surface area contributed by atoms with Gasteiger partial charge in [0.05, 0.1) is 16.7 Å². The molecule has 0 saturated heterocycles. The number of aryl methyl sites for hydroxylation is 1. The normalized spacial score (nSPS) is 15.1. The maximum Gasteiger partial charge on any atom is 0.262 e. The van der Waals surface area contributed by atoms with Gasteiger partial charge in [0.15, 0.2) is 11.0 Å². The van der Waals surface area contributed by atoms with E-state index in [-0.39, 0.29) is 11.6 Å². The first-order valence-electron chi connectivity index (χ1n) is 9.17. The largest absolute Gasteiger partial charge is 0.284 e. The predicted octanol–water partition coefficient (Wildman–Crippen LogP) is 3.20. The highest BCUT2D eigenvalue weighted by atomic mass is 32.2. The Morgan fingerprint density at radius 2 is 2.04 bits per heavy atom. The first kappa shape index (κ1) is 17.2. The molecule has 2 heterocycles. The molecule has 0 radical (unpaired) electrons. The lowest BCUT2D eigenvalue weighted by Gasteiger charge is -2.18. The quantitative estimate of drug-likeness (QED) is 0.490. The number of thioether (sulfide) groups is 1. The maximum absolute atomic E-state index is 13.1. The second kappa shape index (κ2) is 7.57. The van der Waals surface area contributed by atoms with Gasteiger partial charge in [0.25, 0.3) is 5.56 Å². The van der Waals surface area contributed by atoms with E-state index < -0.39 is 0 Å². The predicted molar refractivity (Wildman–Crippen MR) is 101 cm³/mol. The van der Waals surface area contributed by atoms with Crippen LogP contribution in [0.25, 0.3) is 10.9 Å². The van der Waals surface area contributed by atoms with Crippen molar-refractivity contribution < 1.29 is 0 Å². The van der Waals surface area contributed by atoms with Crippen molar-refractivity contribution in [2.45, 2.75) is 62.5 Å². The van der Waals surface area contributed by atoms with Crippen molar-refractivity contribution in [1.29, 1.82) is 0 Å². The highest BCUT2D eigenvalue weighted by Gasteiger charge is 2.23. The molecule has 3 aromatic rings. The summed E-state index contributed by atoms with van der Waals surface area (Å²) < 4.78 is 3.74. The minimum Gasteiger partial charge on any atom is -0.284 e. The number of rotatable bonds is 6. The van der Waals surface area contributed by atoms with Crippen molar-refractivity contribution in [3.63, 3.8) is 0 Å². The van der Waals surface area contributed by atoms with Gasteiger partial charge in [-0.15, -0.1) is 5.10 Å². The molecule has 1 aromatic carbocycles. The Hall–Kier alpha value is -2.22. The molecule has 136 valence electrons. The van der Waals surface area contributed by atoms with E-state index >= 15 is 0 Å².